The zero-order valence-corrected chi connectivity index (χ0v) is 9.75. The second kappa shape index (κ2) is 4.25. The maximum Gasteiger partial charge on any atom is 0.224 e. The summed E-state index contributed by atoms with van der Waals surface area (Å²) in [5.74, 6) is 1.45. The minimum Gasteiger partial charge on any atom is -0.394 e. The fraction of sp³-hybridized carbons (Fsp3) is 0.636. The first-order valence-corrected chi connectivity index (χ1v) is 5.66. The molecule has 0 aliphatic heterocycles. The van der Waals surface area contributed by atoms with Gasteiger partial charge in [0.2, 0.25) is 5.95 Å². The lowest BCUT2D eigenvalue weighted by Crippen LogP contribution is -2.27. The third kappa shape index (κ3) is 2.24. The summed E-state index contributed by atoms with van der Waals surface area (Å²) in [5.41, 5.74) is 0.865. The van der Waals surface area contributed by atoms with Gasteiger partial charge in [0, 0.05) is 18.3 Å². The minimum absolute atomic E-state index is 0.136. The van der Waals surface area contributed by atoms with E-state index in [4.69, 9.17) is 0 Å². The standard InChI is InChI=1S/C11H18N4O/c1-3-12-10-13-6-8(2)9(14-10)15-11(7-16)4-5-11/h6,16H,3-5,7H2,1-2H3,(H2,12,13,14,15). The normalized spacial score (nSPS) is 16.9. The molecule has 0 spiro atoms. The molecule has 88 valence electrons. The van der Waals surface area contributed by atoms with Gasteiger partial charge in [-0.25, -0.2) is 4.98 Å². The van der Waals surface area contributed by atoms with Gasteiger partial charge in [0.05, 0.1) is 12.1 Å². The average Bonchev–Trinajstić information content (AvgIpc) is 3.04. The van der Waals surface area contributed by atoms with Gasteiger partial charge in [-0.1, -0.05) is 0 Å². The number of rotatable bonds is 5. The second-order valence-electron chi connectivity index (χ2n) is 4.32. The maximum absolute atomic E-state index is 9.26. The molecule has 1 aromatic heterocycles. The largest absolute Gasteiger partial charge is 0.394 e. The fourth-order valence-corrected chi connectivity index (χ4v) is 1.54. The Morgan fingerprint density at radius 2 is 2.25 bits per heavy atom. The third-order valence-electron chi connectivity index (χ3n) is 2.85. The van der Waals surface area contributed by atoms with E-state index in [1.165, 1.54) is 0 Å². The van der Waals surface area contributed by atoms with Crippen LogP contribution in [0.5, 0.6) is 0 Å². The van der Waals surface area contributed by atoms with Crippen LogP contribution in [-0.2, 0) is 0 Å². The van der Waals surface area contributed by atoms with E-state index in [1.54, 1.807) is 6.20 Å². The van der Waals surface area contributed by atoms with Crippen LogP contribution in [0.4, 0.5) is 11.8 Å². The molecule has 0 amide bonds. The Kier molecular flexibility index (Phi) is 2.96. The van der Waals surface area contributed by atoms with E-state index < -0.39 is 0 Å². The van der Waals surface area contributed by atoms with Crippen molar-refractivity contribution in [2.24, 2.45) is 0 Å². The van der Waals surface area contributed by atoms with Gasteiger partial charge in [0.25, 0.3) is 0 Å². The van der Waals surface area contributed by atoms with Crippen LogP contribution in [0.15, 0.2) is 6.20 Å². The monoisotopic (exact) mass is 222 g/mol. The quantitative estimate of drug-likeness (QED) is 0.697. The first-order chi connectivity index (χ1) is 7.69. The summed E-state index contributed by atoms with van der Waals surface area (Å²) in [7, 11) is 0. The number of aliphatic hydroxyl groups is 1. The summed E-state index contributed by atoms with van der Waals surface area (Å²) in [6.45, 7) is 4.93. The van der Waals surface area contributed by atoms with Crippen LogP contribution < -0.4 is 10.6 Å². The lowest BCUT2D eigenvalue weighted by Gasteiger charge is -2.17. The van der Waals surface area contributed by atoms with Crippen molar-refractivity contribution in [2.75, 3.05) is 23.8 Å². The number of aliphatic hydroxyl groups excluding tert-OH is 1. The SMILES string of the molecule is CCNc1ncc(C)c(NC2(CO)CC2)n1. The number of hydrogen-bond acceptors (Lipinski definition) is 5. The van der Waals surface area contributed by atoms with Crippen LogP contribution in [0.3, 0.4) is 0 Å². The highest BCUT2D eigenvalue weighted by atomic mass is 16.3. The third-order valence-corrected chi connectivity index (χ3v) is 2.85. The van der Waals surface area contributed by atoms with Crippen LogP contribution in [-0.4, -0.2) is 33.8 Å². The topological polar surface area (TPSA) is 70.1 Å². The van der Waals surface area contributed by atoms with Crippen molar-refractivity contribution < 1.29 is 5.11 Å². The van der Waals surface area contributed by atoms with Crippen LogP contribution >= 0.6 is 0 Å². The maximum atomic E-state index is 9.26. The Hall–Kier alpha value is -1.36. The van der Waals surface area contributed by atoms with Gasteiger partial charge in [-0.15, -0.1) is 0 Å². The first-order valence-electron chi connectivity index (χ1n) is 5.66. The van der Waals surface area contributed by atoms with Crippen molar-refractivity contribution in [1.29, 1.82) is 0 Å². The average molecular weight is 222 g/mol. The fourth-order valence-electron chi connectivity index (χ4n) is 1.54. The van der Waals surface area contributed by atoms with Gasteiger partial charge in [-0.2, -0.15) is 4.98 Å². The van der Waals surface area contributed by atoms with E-state index in [9.17, 15) is 5.11 Å². The van der Waals surface area contributed by atoms with Gasteiger partial charge in [0.1, 0.15) is 5.82 Å². The smallest absolute Gasteiger partial charge is 0.224 e. The summed E-state index contributed by atoms with van der Waals surface area (Å²) in [5, 5.41) is 15.6. The van der Waals surface area contributed by atoms with Crippen molar-refractivity contribution >= 4 is 11.8 Å². The molecule has 1 saturated carbocycles. The Labute approximate surface area is 95.3 Å². The van der Waals surface area contributed by atoms with E-state index >= 15 is 0 Å². The van der Waals surface area contributed by atoms with Crippen molar-refractivity contribution in [1.82, 2.24) is 9.97 Å². The van der Waals surface area contributed by atoms with Crippen molar-refractivity contribution in [2.45, 2.75) is 32.2 Å². The molecule has 3 N–H and O–H groups in total. The highest BCUT2D eigenvalue weighted by molar-refractivity contribution is 5.49. The van der Waals surface area contributed by atoms with E-state index in [2.05, 4.69) is 20.6 Å². The van der Waals surface area contributed by atoms with E-state index in [0.717, 1.165) is 30.8 Å². The molecular weight excluding hydrogens is 204 g/mol. The summed E-state index contributed by atoms with van der Waals surface area (Å²) in [6.07, 6.45) is 3.80. The van der Waals surface area contributed by atoms with Crippen LogP contribution in [0, 0.1) is 6.92 Å². The van der Waals surface area contributed by atoms with Crippen molar-refractivity contribution in [3.63, 3.8) is 0 Å². The number of aromatic nitrogens is 2. The molecule has 0 aromatic carbocycles. The number of hydrogen-bond donors (Lipinski definition) is 3. The lowest BCUT2D eigenvalue weighted by molar-refractivity contribution is 0.266. The van der Waals surface area contributed by atoms with Crippen LogP contribution in [0.1, 0.15) is 25.3 Å². The number of aryl methyl sites for hydroxylation is 1. The predicted octanol–water partition coefficient (Wildman–Crippen LogP) is 1.15. The Bertz CT molecular complexity index is 376. The number of nitrogens with one attached hydrogen (secondary N) is 2. The molecular formula is C11H18N4O. The van der Waals surface area contributed by atoms with Gasteiger partial charge < -0.3 is 15.7 Å². The minimum atomic E-state index is -0.136. The zero-order valence-electron chi connectivity index (χ0n) is 9.75. The molecule has 0 radical (unpaired) electrons. The molecule has 1 aliphatic rings. The molecule has 1 heterocycles. The van der Waals surface area contributed by atoms with Crippen molar-refractivity contribution in [3.05, 3.63) is 11.8 Å². The number of nitrogens with zero attached hydrogens (tertiary/aromatic N) is 2. The molecule has 2 rings (SSSR count). The summed E-state index contributed by atoms with van der Waals surface area (Å²) >= 11 is 0. The van der Waals surface area contributed by atoms with Gasteiger partial charge in [-0.3, -0.25) is 0 Å². The summed E-state index contributed by atoms with van der Waals surface area (Å²) < 4.78 is 0. The van der Waals surface area contributed by atoms with Gasteiger partial charge >= 0.3 is 0 Å². The molecule has 16 heavy (non-hydrogen) atoms. The molecule has 5 nitrogen and oxygen atoms in total. The first kappa shape index (κ1) is 11.1. The molecule has 1 fully saturated rings. The molecule has 1 aliphatic carbocycles. The van der Waals surface area contributed by atoms with Crippen LogP contribution in [0.2, 0.25) is 0 Å². The van der Waals surface area contributed by atoms with E-state index in [1.807, 2.05) is 13.8 Å². The van der Waals surface area contributed by atoms with Crippen molar-refractivity contribution in [3.8, 4) is 0 Å². The molecule has 0 atom stereocenters. The Morgan fingerprint density at radius 3 is 2.81 bits per heavy atom. The highest BCUT2D eigenvalue weighted by Crippen LogP contribution is 2.38. The van der Waals surface area contributed by atoms with E-state index in [-0.39, 0.29) is 12.1 Å². The molecule has 0 bridgehead atoms. The Balaban J connectivity index is 2.15. The van der Waals surface area contributed by atoms with Crippen LogP contribution in [0.25, 0.3) is 0 Å². The molecule has 0 unspecified atom stereocenters. The van der Waals surface area contributed by atoms with E-state index in [0.29, 0.717) is 5.95 Å². The predicted molar refractivity (Wildman–Crippen MR) is 63.6 cm³/mol. The van der Waals surface area contributed by atoms with Gasteiger partial charge in [0.15, 0.2) is 0 Å². The molecule has 0 saturated heterocycles. The zero-order chi connectivity index (χ0) is 11.6. The van der Waals surface area contributed by atoms with Gasteiger partial charge in [-0.05, 0) is 26.7 Å². The Morgan fingerprint density at radius 1 is 1.50 bits per heavy atom. The lowest BCUT2D eigenvalue weighted by atomic mass is 10.2. The highest BCUT2D eigenvalue weighted by Gasteiger charge is 2.42. The number of anilines is 2. The summed E-state index contributed by atoms with van der Waals surface area (Å²) in [6, 6.07) is 0. The second-order valence-corrected chi connectivity index (χ2v) is 4.32. The molecule has 5 heteroatoms. The summed E-state index contributed by atoms with van der Waals surface area (Å²) in [4.78, 5) is 8.57. The molecule has 1 aromatic rings.